The zero-order valence-electron chi connectivity index (χ0n) is 18.7. The molecule has 10 heteroatoms. The Bertz CT molecular complexity index is 1250. The quantitative estimate of drug-likeness (QED) is 0.568. The van der Waals surface area contributed by atoms with Crippen molar-refractivity contribution in [3.05, 3.63) is 53.8 Å². The van der Waals surface area contributed by atoms with Gasteiger partial charge in [0, 0.05) is 25.6 Å². The van der Waals surface area contributed by atoms with Crippen molar-refractivity contribution in [2.24, 2.45) is 5.92 Å². The number of nitrogens with one attached hydrogen (secondary N) is 1. The first-order chi connectivity index (χ1) is 15.8. The molecule has 1 aliphatic rings. The number of amides is 1. The first-order valence-corrected chi connectivity index (χ1v) is 12.6. The number of sulfonamides is 1. The van der Waals surface area contributed by atoms with E-state index in [0.717, 1.165) is 11.9 Å². The van der Waals surface area contributed by atoms with E-state index in [0.29, 0.717) is 23.9 Å². The molecule has 0 bridgehead atoms. The Kier molecular flexibility index (Phi) is 6.76. The lowest BCUT2D eigenvalue weighted by molar-refractivity contribution is -0.126. The van der Waals surface area contributed by atoms with Crippen molar-refractivity contribution in [1.29, 1.82) is 0 Å². The van der Waals surface area contributed by atoms with Crippen molar-refractivity contribution in [2.75, 3.05) is 13.1 Å². The average molecular weight is 474 g/mol. The maximum Gasteiger partial charge on any atom is 0.243 e. The van der Waals surface area contributed by atoms with Gasteiger partial charge in [-0.2, -0.15) is 4.31 Å². The molecule has 3 aromatic rings. The van der Waals surface area contributed by atoms with E-state index < -0.39 is 10.0 Å². The van der Waals surface area contributed by atoms with Crippen LogP contribution in [0.15, 0.2) is 47.4 Å². The van der Waals surface area contributed by atoms with Crippen molar-refractivity contribution in [2.45, 2.75) is 50.6 Å². The summed E-state index contributed by atoms with van der Waals surface area (Å²) in [5, 5.41) is 11.1. The molecule has 176 valence electrons. The van der Waals surface area contributed by atoms with E-state index in [1.807, 2.05) is 6.92 Å². The molecule has 0 aliphatic carbocycles. The third kappa shape index (κ3) is 4.91. The lowest BCUT2D eigenvalue weighted by Gasteiger charge is -2.30. The summed E-state index contributed by atoms with van der Waals surface area (Å²) < 4.78 is 42.9. The molecule has 2 aromatic carbocycles. The van der Waals surface area contributed by atoms with Gasteiger partial charge in [-0.25, -0.2) is 17.5 Å². The number of carbonyl (C=O) groups excluding carboxylic acids is 1. The molecule has 0 spiro atoms. The number of rotatable bonds is 7. The molecule has 2 heterocycles. The second-order valence-electron chi connectivity index (χ2n) is 8.47. The summed E-state index contributed by atoms with van der Waals surface area (Å²) in [7, 11) is -3.70. The van der Waals surface area contributed by atoms with Crippen LogP contribution in [0.5, 0.6) is 0 Å². The standard InChI is InChI=1S/C23H28FN5O3S/c1-3-16(2)29-22-8-7-20(14-21(22)26-27-29)33(31,32)28-11-9-18(10-12-28)23(30)25-15-17-5-4-6-19(24)13-17/h4-8,13-14,16,18H,3,9-12,15H2,1-2H3,(H,25,30)/t16-/m0/s1. The Labute approximate surface area is 192 Å². The molecule has 1 amide bonds. The summed E-state index contributed by atoms with van der Waals surface area (Å²) in [6.07, 6.45) is 1.75. The van der Waals surface area contributed by atoms with Gasteiger partial charge in [0.2, 0.25) is 15.9 Å². The number of aromatic nitrogens is 3. The summed E-state index contributed by atoms with van der Waals surface area (Å²) in [5.41, 5.74) is 2.03. The van der Waals surface area contributed by atoms with Crippen molar-refractivity contribution < 1.29 is 17.6 Å². The highest BCUT2D eigenvalue weighted by atomic mass is 32.2. The van der Waals surface area contributed by atoms with Crippen LogP contribution in [0.4, 0.5) is 4.39 Å². The van der Waals surface area contributed by atoms with Crippen LogP contribution in [0.25, 0.3) is 11.0 Å². The predicted octanol–water partition coefficient (Wildman–Crippen LogP) is 3.26. The van der Waals surface area contributed by atoms with E-state index in [-0.39, 0.29) is 48.2 Å². The van der Waals surface area contributed by atoms with Crippen molar-refractivity contribution >= 4 is 27.0 Å². The van der Waals surface area contributed by atoms with Gasteiger partial charge >= 0.3 is 0 Å². The fraction of sp³-hybridized carbons (Fsp3) is 0.435. The number of carbonyl (C=O) groups is 1. The van der Waals surface area contributed by atoms with Gasteiger partial charge in [-0.3, -0.25) is 4.79 Å². The monoisotopic (exact) mass is 473 g/mol. The summed E-state index contributed by atoms with van der Waals surface area (Å²) in [6.45, 7) is 4.86. The predicted molar refractivity (Wildman–Crippen MR) is 122 cm³/mol. The Morgan fingerprint density at radius 2 is 1.97 bits per heavy atom. The summed E-state index contributed by atoms with van der Waals surface area (Å²) >= 11 is 0. The second kappa shape index (κ2) is 9.56. The molecule has 1 fully saturated rings. The smallest absolute Gasteiger partial charge is 0.243 e. The number of fused-ring (bicyclic) bond motifs is 1. The molecule has 0 unspecified atom stereocenters. The minimum Gasteiger partial charge on any atom is -0.352 e. The first kappa shape index (κ1) is 23.3. The van der Waals surface area contributed by atoms with E-state index in [4.69, 9.17) is 0 Å². The number of benzene rings is 2. The summed E-state index contributed by atoms with van der Waals surface area (Å²) in [6, 6.07) is 11.2. The molecule has 8 nitrogen and oxygen atoms in total. The van der Waals surface area contributed by atoms with E-state index in [1.54, 1.807) is 35.0 Å². The molecule has 0 saturated carbocycles. The van der Waals surface area contributed by atoms with Gasteiger partial charge < -0.3 is 5.32 Å². The van der Waals surface area contributed by atoms with Gasteiger partial charge in [-0.05, 0) is 62.1 Å². The number of hydrogen-bond acceptors (Lipinski definition) is 5. The molecule has 1 aromatic heterocycles. The van der Waals surface area contributed by atoms with Gasteiger partial charge in [-0.15, -0.1) is 5.10 Å². The van der Waals surface area contributed by atoms with Crippen LogP contribution in [0.3, 0.4) is 0 Å². The molecule has 4 rings (SSSR count). The van der Waals surface area contributed by atoms with Gasteiger partial charge in [0.1, 0.15) is 11.3 Å². The molecule has 0 radical (unpaired) electrons. The number of nitrogens with zero attached hydrogens (tertiary/aromatic N) is 4. The van der Waals surface area contributed by atoms with Crippen LogP contribution < -0.4 is 5.32 Å². The average Bonchev–Trinajstić information content (AvgIpc) is 3.25. The maximum absolute atomic E-state index is 13.3. The van der Waals surface area contributed by atoms with Crippen molar-refractivity contribution in [1.82, 2.24) is 24.6 Å². The normalized spacial score (nSPS) is 16.7. The highest BCUT2D eigenvalue weighted by Gasteiger charge is 2.32. The van der Waals surface area contributed by atoms with Gasteiger partial charge in [0.05, 0.1) is 16.5 Å². The number of halogens is 1. The van der Waals surface area contributed by atoms with E-state index in [1.165, 1.54) is 16.4 Å². The SMILES string of the molecule is CC[C@H](C)n1nnc2cc(S(=O)(=O)N3CCC(C(=O)NCc4cccc(F)c4)CC3)ccc21. The Morgan fingerprint density at radius 3 is 2.67 bits per heavy atom. The van der Waals surface area contributed by atoms with E-state index in [2.05, 4.69) is 22.6 Å². The van der Waals surface area contributed by atoms with Gasteiger partial charge in [0.15, 0.2) is 0 Å². The molecular formula is C23H28FN5O3S. The van der Waals surface area contributed by atoms with Crippen LogP contribution in [-0.4, -0.2) is 46.7 Å². The minimum absolute atomic E-state index is 0.139. The largest absolute Gasteiger partial charge is 0.352 e. The van der Waals surface area contributed by atoms with Crippen LogP contribution in [-0.2, 0) is 21.4 Å². The Balaban J connectivity index is 1.39. The highest BCUT2D eigenvalue weighted by Crippen LogP contribution is 2.27. The maximum atomic E-state index is 13.3. The van der Waals surface area contributed by atoms with E-state index >= 15 is 0 Å². The highest BCUT2D eigenvalue weighted by molar-refractivity contribution is 7.89. The van der Waals surface area contributed by atoms with Crippen molar-refractivity contribution in [3.8, 4) is 0 Å². The van der Waals surface area contributed by atoms with E-state index in [9.17, 15) is 17.6 Å². The Morgan fingerprint density at radius 1 is 1.21 bits per heavy atom. The zero-order chi connectivity index (χ0) is 23.6. The van der Waals surface area contributed by atoms with Crippen molar-refractivity contribution in [3.63, 3.8) is 0 Å². The number of hydrogen-bond donors (Lipinski definition) is 1. The van der Waals surface area contributed by atoms with Gasteiger partial charge in [0.25, 0.3) is 0 Å². The summed E-state index contributed by atoms with van der Waals surface area (Å²) in [5.74, 6) is -0.761. The number of piperidine rings is 1. The third-order valence-electron chi connectivity index (χ3n) is 6.27. The fourth-order valence-electron chi connectivity index (χ4n) is 4.07. The first-order valence-electron chi connectivity index (χ1n) is 11.2. The lowest BCUT2D eigenvalue weighted by atomic mass is 9.97. The molecule has 1 N–H and O–H groups in total. The fourth-order valence-corrected chi connectivity index (χ4v) is 5.56. The zero-order valence-corrected chi connectivity index (χ0v) is 19.6. The molecule has 1 aliphatic heterocycles. The molecular weight excluding hydrogens is 445 g/mol. The summed E-state index contributed by atoms with van der Waals surface area (Å²) in [4.78, 5) is 12.7. The second-order valence-corrected chi connectivity index (χ2v) is 10.4. The Hall–Kier alpha value is -2.85. The van der Waals surface area contributed by atoms with Crippen LogP contribution in [0.2, 0.25) is 0 Å². The van der Waals surface area contributed by atoms with Gasteiger partial charge in [-0.1, -0.05) is 24.3 Å². The topological polar surface area (TPSA) is 97.2 Å². The minimum atomic E-state index is -3.70. The van der Waals surface area contributed by atoms with Crippen LogP contribution >= 0.6 is 0 Å². The molecule has 1 atom stereocenters. The molecule has 33 heavy (non-hydrogen) atoms. The van der Waals surface area contributed by atoms with Crippen LogP contribution in [0, 0.1) is 11.7 Å². The lowest BCUT2D eigenvalue weighted by Crippen LogP contribution is -2.42. The molecule has 1 saturated heterocycles. The third-order valence-corrected chi connectivity index (χ3v) is 8.16. The van der Waals surface area contributed by atoms with Crippen LogP contribution in [0.1, 0.15) is 44.7 Å².